The number of hydrogen-bond acceptors (Lipinski definition) is 5. The van der Waals surface area contributed by atoms with Crippen molar-refractivity contribution in [1.82, 2.24) is 15.0 Å². The lowest BCUT2D eigenvalue weighted by atomic mass is 10.0. The molecule has 0 aromatic carbocycles. The van der Waals surface area contributed by atoms with Crippen molar-refractivity contribution < 1.29 is 0 Å². The van der Waals surface area contributed by atoms with E-state index in [1.165, 1.54) is 19.3 Å². The van der Waals surface area contributed by atoms with Crippen LogP contribution in [0.5, 0.6) is 0 Å². The molecule has 1 aromatic heterocycles. The Kier molecular flexibility index (Phi) is 3.96. The van der Waals surface area contributed by atoms with Crippen molar-refractivity contribution >= 4 is 23.5 Å². The molecule has 0 amide bonds. The van der Waals surface area contributed by atoms with Crippen LogP contribution in [0.3, 0.4) is 0 Å². The van der Waals surface area contributed by atoms with Crippen LogP contribution in [0.2, 0.25) is 5.28 Å². The van der Waals surface area contributed by atoms with E-state index in [1.807, 2.05) is 0 Å². The molecule has 3 heterocycles. The molecule has 2 fully saturated rings. The summed E-state index contributed by atoms with van der Waals surface area (Å²) in [6.07, 6.45) is 3.70. The summed E-state index contributed by atoms with van der Waals surface area (Å²) in [5.41, 5.74) is 0. The van der Waals surface area contributed by atoms with Crippen LogP contribution < -0.4 is 9.80 Å². The van der Waals surface area contributed by atoms with E-state index in [1.54, 1.807) is 0 Å². The third kappa shape index (κ3) is 2.82. The second-order valence-corrected chi connectivity index (χ2v) is 6.45. The highest BCUT2D eigenvalue weighted by Crippen LogP contribution is 2.27. The van der Waals surface area contributed by atoms with Gasteiger partial charge in [-0.25, -0.2) is 0 Å². The topological polar surface area (TPSA) is 45.2 Å². The van der Waals surface area contributed by atoms with Gasteiger partial charge < -0.3 is 9.80 Å². The van der Waals surface area contributed by atoms with Crippen LogP contribution in [0.15, 0.2) is 0 Å². The molecule has 6 heteroatoms. The molecule has 0 N–H and O–H groups in total. The SMILES string of the molecule is CC1CN(c2nc(Cl)nc(N3CCCCC3)n2)CC1C. The van der Waals surface area contributed by atoms with E-state index >= 15 is 0 Å². The third-order valence-corrected chi connectivity index (χ3v) is 4.66. The molecular weight excluding hydrogens is 274 g/mol. The van der Waals surface area contributed by atoms with Gasteiger partial charge in [-0.2, -0.15) is 15.0 Å². The van der Waals surface area contributed by atoms with Crippen LogP contribution in [0.4, 0.5) is 11.9 Å². The molecule has 20 heavy (non-hydrogen) atoms. The number of aromatic nitrogens is 3. The molecule has 0 radical (unpaired) electrons. The zero-order valence-corrected chi connectivity index (χ0v) is 13.0. The average molecular weight is 296 g/mol. The van der Waals surface area contributed by atoms with E-state index in [-0.39, 0.29) is 0 Å². The molecule has 0 bridgehead atoms. The van der Waals surface area contributed by atoms with Gasteiger partial charge in [-0.3, -0.25) is 0 Å². The summed E-state index contributed by atoms with van der Waals surface area (Å²) in [4.78, 5) is 17.7. The van der Waals surface area contributed by atoms with Gasteiger partial charge in [0.25, 0.3) is 0 Å². The fourth-order valence-electron chi connectivity index (χ4n) is 3.00. The van der Waals surface area contributed by atoms with E-state index < -0.39 is 0 Å². The first-order chi connectivity index (χ1) is 9.63. The Bertz CT molecular complexity index is 465. The Labute approximate surface area is 125 Å². The van der Waals surface area contributed by atoms with Gasteiger partial charge >= 0.3 is 0 Å². The predicted molar refractivity (Wildman–Crippen MR) is 81.4 cm³/mol. The van der Waals surface area contributed by atoms with Crippen molar-refractivity contribution in [3.05, 3.63) is 5.28 Å². The number of rotatable bonds is 2. The van der Waals surface area contributed by atoms with Crippen molar-refractivity contribution in [3.8, 4) is 0 Å². The van der Waals surface area contributed by atoms with Gasteiger partial charge in [0, 0.05) is 26.2 Å². The van der Waals surface area contributed by atoms with Crippen LogP contribution in [0.25, 0.3) is 0 Å². The Balaban J connectivity index is 1.83. The molecule has 1 aromatic rings. The van der Waals surface area contributed by atoms with Gasteiger partial charge in [0.15, 0.2) is 0 Å². The maximum atomic E-state index is 6.10. The van der Waals surface area contributed by atoms with Crippen molar-refractivity contribution in [1.29, 1.82) is 0 Å². The van der Waals surface area contributed by atoms with Crippen molar-refractivity contribution in [2.24, 2.45) is 11.8 Å². The summed E-state index contributed by atoms with van der Waals surface area (Å²) in [5.74, 6) is 2.82. The minimum atomic E-state index is 0.308. The number of nitrogens with zero attached hydrogens (tertiary/aromatic N) is 5. The van der Waals surface area contributed by atoms with E-state index in [2.05, 4.69) is 38.6 Å². The first kappa shape index (κ1) is 13.9. The molecule has 5 nitrogen and oxygen atoms in total. The summed E-state index contributed by atoms with van der Waals surface area (Å²) < 4.78 is 0. The molecule has 2 saturated heterocycles. The van der Waals surface area contributed by atoms with Crippen LogP contribution in [-0.2, 0) is 0 Å². The fourth-order valence-corrected chi connectivity index (χ4v) is 3.15. The minimum absolute atomic E-state index is 0.308. The van der Waals surface area contributed by atoms with Gasteiger partial charge in [-0.15, -0.1) is 0 Å². The Morgan fingerprint density at radius 1 is 0.850 bits per heavy atom. The summed E-state index contributed by atoms with van der Waals surface area (Å²) in [5, 5.41) is 0.308. The molecule has 2 aliphatic heterocycles. The lowest BCUT2D eigenvalue weighted by molar-refractivity contribution is 0.494. The normalized spacial score (nSPS) is 27.1. The maximum absolute atomic E-state index is 6.10. The first-order valence-corrected chi connectivity index (χ1v) is 7.93. The number of anilines is 2. The zero-order chi connectivity index (χ0) is 14.1. The quantitative estimate of drug-likeness (QED) is 0.839. The van der Waals surface area contributed by atoms with Crippen molar-refractivity contribution in [3.63, 3.8) is 0 Å². The van der Waals surface area contributed by atoms with Gasteiger partial charge in [-0.1, -0.05) is 13.8 Å². The minimum Gasteiger partial charge on any atom is -0.341 e. The maximum Gasteiger partial charge on any atom is 0.231 e. The zero-order valence-electron chi connectivity index (χ0n) is 12.2. The summed E-state index contributed by atoms with van der Waals surface area (Å²) in [7, 11) is 0. The first-order valence-electron chi connectivity index (χ1n) is 7.55. The number of piperidine rings is 1. The Hall–Kier alpha value is -1.10. The average Bonchev–Trinajstić information content (AvgIpc) is 2.79. The standard InChI is InChI=1S/C14H22ClN5/c1-10-8-20(9-11(10)2)14-17-12(15)16-13(18-14)19-6-4-3-5-7-19/h10-11H,3-9H2,1-2H3. The molecule has 2 unspecified atom stereocenters. The third-order valence-electron chi connectivity index (χ3n) is 4.49. The highest BCUT2D eigenvalue weighted by Gasteiger charge is 2.28. The Morgan fingerprint density at radius 2 is 1.40 bits per heavy atom. The molecule has 2 aliphatic rings. The monoisotopic (exact) mass is 295 g/mol. The molecule has 0 spiro atoms. The van der Waals surface area contributed by atoms with E-state index in [4.69, 9.17) is 11.6 Å². The van der Waals surface area contributed by atoms with Crippen molar-refractivity contribution in [2.45, 2.75) is 33.1 Å². The lowest BCUT2D eigenvalue weighted by Gasteiger charge is -2.27. The van der Waals surface area contributed by atoms with Crippen LogP contribution in [-0.4, -0.2) is 41.1 Å². The van der Waals surface area contributed by atoms with Crippen LogP contribution in [0, 0.1) is 11.8 Å². The summed E-state index contributed by atoms with van der Waals surface area (Å²) in [6.45, 7) is 8.60. The van der Waals surface area contributed by atoms with Gasteiger partial charge in [-0.05, 0) is 42.7 Å². The van der Waals surface area contributed by atoms with Gasteiger partial charge in [0.1, 0.15) is 0 Å². The largest absolute Gasteiger partial charge is 0.341 e. The number of hydrogen-bond donors (Lipinski definition) is 0. The highest BCUT2D eigenvalue weighted by molar-refractivity contribution is 6.28. The van der Waals surface area contributed by atoms with Crippen LogP contribution >= 0.6 is 11.6 Å². The van der Waals surface area contributed by atoms with Crippen LogP contribution in [0.1, 0.15) is 33.1 Å². The predicted octanol–water partition coefficient (Wildman–Crippen LogP) is 2.61. The second-order valence-electron chi connectivity index (χ2n) is 6.11. The molecule has 110 valence electrons. The molecule has 3 rings (SSSR count). The lowest BCUT2D eigenvalue weighted by Crippen LogP contribution is -2.32. The smallest absolute Gasteiger partial charge is 0.231 e. The second kappa shape index (κ2) is 5.72. The molecule has 0 saturated carbocycles. The molecule has 0 aliphatic carbocycles. The summed E-state index contributed by atoms with van der Waals surface area (Å²) in [6, 6.07) is 0. The molecular formula is C14H22ClN5. The highest BCUT2D eigenvalue weighted by atomic mass is 35.5. The Morgan fingerprint density at radius 3 is 2.00 bits per heavy atom. The summed E-state index contributed by atoms with van der Waals surface area (Å²) >= 11 is 6.10. The van der Waals surface area contributed by atoms with E-state index in [0.29, 0.717) is 17.1 Å². The molecule has 2 atom stereocenters. The fraction of sp³-hybridized carbons (Fsp3) is 0.786. The van der Waals surface area contributed by atoms with Crippen molar-refractivity contribution in [2.75, 3.05) is 36.0 Å². The van der Waals surface area contributed by atoms with Gasteiger partial charge in [0.2, 0.25) is 17.2 Å². The van der Waals surface area contributed by atoms with E-state index in [0.717, 1.165) is 38.1 Å². The van der Waals surface area contributed by atoms with E-state index in [9.17, 15) is 0 Å². The number of halogens is 1. The van der Waals surface area contributed by atoms with Gasteiger partial charge in [0.05, 0.1) is 0 Å².